The van der Waals surface area contributed by atoms with Crippen LogP contribution in [0, 0.1) is 11.3 Å². The van der Waals surface area contributed by atoms with Crippen LogP contribution in [0.2, 0.25) is 0 Å². The van der Waals surface area contributed by atoms with Gasteiger partial charge in [0.05, 0.1) is 23.5 Å². The van der Waals surface area contributed by atoms with Crippen LogP contribution in [0.5, 0.6) is 5.75 Å². The topological polar surface area (TPSA) is 203 Å². The molecule has 3 N–H and O–H groups in total. The van der Waals surface area contributed by atoms with Crippen LogP contribution in [0.25, 0.3) is 5.52 Å². The highest BCUT2D eigenvalue weighted by molar-refractivity contribution is 7.52. The van der Waals surface area contributed by atoms with E-state index < -0.39 is 62.2 Å². The normalized spacial score (nSPS) is 22.7. The van der Waals surface area contributed by atoms with Crippen LogP contribution in [0.15, 0.2) is 54.7 Å². The van der Waals surface area contributed by atoms with Gasteiger partial charge in [0, 0.05) is 20.0 Å². The van der Waals surface area contributed by atoms with Crippen molar-refractivity contribution in [3.8, 4) is 11.8 Å². The highest BCUT2D eigenvalue weighted by Crippen LogP contribution is 2.49. The lowest BCUT2D eigenvalue weighted by Gasteiger charge is -2.30. The summed E-state index contributed by atoms with van der Waals surface area (Å²) >= 11 is 0. The van der Waals surface area contributed by atoms with Crippen LogP contribution in [0.3, 0.4) is 0 Å². The minimum absolute atomic E-state index is 0.124. The Morgan fingerprint density at radius 1 is 1.15 bits per heavy atom. The minimum atomic E-state index is -4.50. The van der Waals surface area contributed by atoms with Gasteiger partial charge in [-0.1, -0.05) is 31.5 Å². The molecule has 46 heavy (non-hydrogen) atoms. The Labute approximate surface area is 265 Å². The summed E-state index contributed by atoms with van der Waals surface area (Å²) in [7, 11) is -4.50. The number of rotatable bonds is 14. The zero-order valence-electron chi connectivity index (χ0n) is 25.8. The molecule has 1 aliphatic rings. The van der Waals surface area contributed by atoms with Gasteiger partial charge in [-0.05, 0) is 43.7 Å². The van der Waals surface area contributed by atoms with Crippen molar-refractivity contribution in [2.75, 3.05) is 18.9 Å². The highest BCUT2D eigenvalue weighted by atomic mass is 31.2. The molecule has 246 valence electrons. The molecule has 1 aromatic carbocycles. The Morgan fingerprint density at radius 3 is 2.52 bits per heavy atom. The number of hydrogen-bond acceptors (Lipinski definition) is 13. The zero-order chi connectivity index (χ0) is 33.5. The van der Waals surface area contributed by atoms with E-state index in [1.807, 2.05) is 13.0 Å². The van der Waals surface area contributed by atoms with Crippen molar-refractivity contribution in [1.82, 2.24) is 14.7 Å². The summed E-state index contributed by atoms with van der Waals surface area (Å²) in [4.78, 5) is 37.2. The Kier molecular flexibility index (Phi) is 11.0. The van der Waals surface area contributed by atoms with Gasteiger partial charge >= 0.3 is 25.7 Å². The van der Waals surface area contributed by atoms with Gasteiger partial charge in [-0.2, -0.15) is 15.4 Å². The van der Waals surface area contributed by atoms with Crippen molar-refractivity contribution in [2.24, 2.45) is 0 Å². The lowest BCUT2D eigenvalue weighted by atomic mass is 9.95. The Hall–Kier alpha value is -4.48. The van der Waals surface area contributed by atoms with Gasteiger partial charge in [-0.3, -0.25) is 18.9 Å². The lowest BCUT2D eigenvalue weighted by molar-refractivity contribution is -0.166. The molecule has 0 radical (unpaired) electrons. The SMILES string of the molecule is CCCCOC(=O)[C@H](C)N[P@](=O)(OC[C@@]1(C#N)O[C@@H](c2ccc3c(N)ccnn23)[C@H](OC(C)=O)[C@@H]1OC(C)=O)Oc1ccccc1. The first-order valence-corrected chi connectivity index (χ1v) is 16.1. The van der Waals surface area contributed by atoms with Crippen molar-refractivity contribution >= 4 is 36.9 Å². The number of fused-ring (bicyclic) bond motifs is 1. The maximum atomic E-state index is 14.2. The molecular weight excluding hydrogens is 621 g/mol. The van der Waals surface area contributed by atoms with E-state index in [1.165, 1.54) is 29.8 Å². The molecule has 3 aromatic rings. The number of aromatic nitrogens is 2. The third-order valence-electron chi connectivity index (χ3n) is 6.95. The van der Waals surface area contributed by atoms with Crippen LogP contribution in [0.4, 0.5) is 5.69 Å². The molecule has 1 saturated heterocycles. The molecule has 0 saturated carbocycles. The van der Waals surface area contributed by atoms with Gasteiger partial charge in [0.1, 0.15) is 30.6 Å². The number of unbranched alkanes of at least 4 members (excludes halogenated alkanes) is 1. The smallest absolute Gasteiger partial charge is 0.459 e. The quantitative estimate of drug-likeness (QED) is 0.110. The maximum Gasteiger partial charge on any atom is 0.459 e. The monoisotopic (exact) mass is 657 g/mol. The number of nitrogens with one attached hydrogen (secondary N) is 1. The average molecular weight is 658 g/mol. The van der Waals surface area contributed by atoms with E-state index in [9.17, 15) is 24.2 Å². The first-order chi connectivity index (χ1) is 21.9. The van der Waals surface area contributed by atoms with E-state index in [2.05, 4.69) is 10.2 Å². The number of para-hydroxylation sites is 1. The van der Waals surface area contributed by atoms with Gasteiger partial charge in [0.25, 0.3) is 0 Å². The van der Waals surface area contributed by atoms with Crippen molar-refractivity contribution in [1.29, 1.82) is 5.26 Å². The van der Waals surface area contributed by atoms with E-state index in [1.54, 1.807) is 36.4 Å². The summed E-state index contributed by atoms with van der Waals surface area (Å²) in [5, 5.41) is 17.4. The molecule has 0 spiro atoms. The third-order valence-corrected chi connectivity index (χ3v) is 8.58. The first kappa shape index (κ1) is 34.4. The molecule has 0 amide bonds. The Bertz CT molecular complexity index is 1640. The molecule has 2 aromatic heterocycles. The van der Waals surface area contributed by atoms with E-state index >= 15 is 0 Å². The van der Waals surface area contributed by atoms with E-state index in [0.717, 1.165) is 20.3 Å². The fourth-order valence-electron chi connectivity index (χ4n) is 4.80. The Balaban J connectivity index is 1.71. The summed E-state index contributed by atoms with van der Waals surface area (Å²) < 4.78 is 49.7. The first-order valence-electron chi connectivity index (χ1n) is 14.5. The molecule has 1 fully saturated rings. The van der Waals surface area contributed by atoms with Gasteiger partial charge in [0.2, 0.25) is 5.60 Å². The number of carbonyl (C=O) groups excluding carboxylic acids is 3. The predicted molar refractivity (Wildman–Crippen MR) is 162 cm³/mol. The number of benzene rings is 1. The number of nitrogen functional groups attached to an aromatic ring is 1. The summed E-state index contributed by atoms with van der Waals surface area (Å²) in [5.74, 6) is -2.16. The second-order valence-corrected chi connectivity index (χ2v) is 12.2. The fraction of sp³-hybridized carbons (Fsp3) is 0.433. The van der Waals surface area contributed by atoms with E-state index in [4.69, 9.17) is 33.7 Å². The van der Waals surface area contributed by atoms with Crippen molar-refractivity contribution < 1.29 is 46.9 Å². The second-order valence-electron chi connectivity index (χ2n) is 10.5. The van der Waals surface area contributed by atoms with Crippen LogP contribution < -0.4 is 15.3 Å². The summed E-state index contributed by atoms with van der Waals surface area (Å²) in [6, 6.07) is 13.7. The molecule has 15 nitrogen and oxygen atoms in total. The van der Waals surface area contributed by atoms with E-state index in [0.29, 0.717) is 23.3 Å². The number of esters is 3. The largest absolute Gasteiger partial charge is 0.465 e. The number of carbonyl (C=O) groups is 3. The number of anilines is 1. The lowest BCUT2D eigenvalue weighted by Crippen LogP contribution is -2.49. The third kappa shape index (κ3) is 7.83. The minimum Gasteiger partial charge on any atom is -0.465 e. The van der Waals surface area contributed by atoms with Crippen LogP contribution in [0.1, 0.15) is 52.3 Å². The van der Waals surface area contributed by atoms with Crippen LogP contribution >= 0.6 is 7.75 Å². The van der Waals surface area contributed by atoms with E-state index in [-0.39, 0.29) is 12.4 Å². The van der Waals surface area contributed by atoms with Gasteiger partial charge in [-0.15, -0.1) is 0 Å². The summed E-state index contributed by atoms with van der Waals surface area (Å²) in [5.41, 5.74) is 5.10. The molecule has 16 heteroatoms. The molecule has 0 bridgehead atoms. The number of nitrogens with two attached hydrogens (primary N) is 1. The van der Waals surface area contributed by atoms with Gasteiger partial charge < -0.3 is 29.2 Å². The molecule has 0 aliphatic carbocycles. The Morgan fingerprint density at radius 2 is 1.87 bits per heavy atom. The number of nitrogens with zero attached hydrogens (tertiary/aromatic N) is 3. The molecule has 6 atom stereocenters. The number of hydrogen-bond donors (Lipinski definition) is 2. The fourth-order valence-corrected chi connectivity index (χ4v) is 6.32. The maximum absolute atomic E-state index is 14.2. The summed E-state index contributed by atoms with van der Waals surface area (Å²) in [6.45, 7) is 4.93. The molecule has 1 aliphatic heterocycles. The van der Waals surface area contributed by atoms with Crippen LogP contribution in [-0.4, -0.2) is 64.6 Å². The molecular formula is C30H36N5O10P. The molecule has 3 heterocycles. The van der Waals surface area contributed by atoms with Crippen molar-refractivity contribution in [2.45, 2.75) is 70.5 Å². The number of nitriles is 1. The van der Waals surface area contributed by atoms with Crippen molar-refractivity contribution in [3.05, 3.63) is 60.4 Å². The molecule has 0 unspecified atom stereocenters. The standard InChI is InChI=1S/C30H36N5O10P/c1-5-6-16-40-29(38)19(2)34-46(39,45-22-10-8-7-9-11-22)41-18-30(17-31)28(43-21(4)37)27(42-20(3)36)26(44-30)25-13-12-24-23(32)14-15-33-35(24)25/h7-15,19,26-28H,5-6,16,18,32H2,1-4H3,(H,34,39)/t19-,26-,27-,28-,30+,46-/m0/s1. The highest BCUT2D eigenvalue weighted by Gasteiger charge is 2.62. The van der Waals surface area contributed by atoms with Gasteiger partial charge in [0.15, 0.2) is 12.2 Å². The van der Waals surface area contributed by atoms with Gasteiger partial charge in [-0.25, -0.2) is 9.08 Å². The van der Waals surface area contributed by atoms with Crippen molar-refractivity contribution in [3.63, 3.8) is 0 Å². The average Bonchev–Trinajstić information content (AvgIpc) is 3.56. The zero-order valence-corrected chi connectivity index (χ0v) is 26.7. The van der Waals surface area contributed by atoms with Crippen LogP contribution in [-0.2, 0) is 42.4 Å². The number of ether oxygens (including phenoxy) is 4. The predicted octanol–water partition coefficient (Wildman–Crippen LogP) is 3.64. The summed E-state index contributed by atoms with van der Waals surface area (Å²) in [6.07, 6.45) is -1.30. The molecule has 4 rings (SSSR count). The second kappa shape index (κ2) is 14.7.